The smallest absolute Gasteiger partial charge is 0.225 e. The molecule has 0 radical (unpaired) electrons. The lowest BCUT2D eigenvalue weighted by Crippen LogP contribution is -2.50. The Morgan fingerprint density at radius 2 is 1.84 bits per heavy atom. The summed E-state index contributed by atoms with van der Waals surface area (Å²) < 4.78 is 5.41. The summed E-state index contributed by atoms with van der Waals surface area (Å²) in [6.07, 6.45) is 1.12. The second-order valence-corrected chi connectivity index (χ2v) is 6.89. The molecule has 0 aromatic carbocycles. The first-order valence-corrected chi connectivity index (χ1v) is 7.41. The van der Waals surface area contributed by atoms with Crippen molar-refractivity contribution in [2.45, 2.75) is 47.1 Å². The number of hydrogen-bond acceptors (Lipinski definition) is 3. The van der Waals surface area contributed by atoms with Gasteiger partial charge in [-0.2, -0.15) is 0 Å². The molecule has 4 heteroatoms. The molecular weight excluding hydrogens is 240 g/mol. The number of nitrogens with one attached hydrogen (secondary N) is 1. The molecule has 19 heavy (non-hydrogen) atoms. The highest BCUT2D eigenvalue weighted by Gasteiger charge is 2.25. The number of rotatable bonds is 5. The Labute approximate surface area is 117 Å². The van der Waals surface area contributed by atoms with E-state index in [9.17, 15) is 4.79 Å². The van der Waals surface area contributed by atoms with E-state index >= 15 is 0 Å². The van der Waals surface area contributed by atoms with Crippen molar-refractivity contribution in [1.82, 2.24) is 10.2 Å². The molecule has 0 saturated carbocycles. The first-order chi connectivity index (χ1) is 8.80. The zero-order valence-corrected chi connectivity index (χ0v) is 13.2. The highest BCUT2D eigenvalue weighted by Crippen LogP contribution is 2.15. The standard InChI is InChI=1S/C15H30N2O2/c1-12(2)10-13(17-6-8-19-9-7-17)11-16-14(18)15(3,4)5/h12-13H,6-11H2,1-5H3,(H,16,18). The predicted molar refractivity (Wildman–Crippen MR) is 78.1 cm³/mol. The summed E-state index contributed by atoms with van der Waals surface area (Å²) in [5, 5.41) is 3.10. The fourth-order valence-corrected chi connectivity index (χ4v) is 2.32. The Hall–Kier alpha value is -0.610. The van der Waals surface area contributed by atoms with E-state index in [1.165, 1.54) is 0 Å². The van der Waals surface area contributed by atoms with Crippen molar-refractivity contribution in [2.75, 3.05) is 32.8 Å². The molecular formula is C15H30N2O2. The van der Waals surface area contributed by atoms with Gasteiger partial charge in [-0.25, -0.2) is 0 Å². The Morgan fingerprint density at radius 1 is 1.26 bits per heavy atom. The van der Waals surface area contributed by atoms with Gasteiger partial charge in [-0.15, -0.1) is 0 Å². The molecule has 0 aromatic heterocycles. The maximum absolute atomic E-state index is 12.0. The molecule has 0 aromatic rings. The highest BCUT2D eigenvalue weighted by molar-refractivity contribution is 5.81. The first kappa shape index (κ1) is 16.4. The van der Waals surface area contributed by atoms with Crippen molar-refractivity contribution < 1.29 is 9.53 Å². The molecule has 112 valence electrons. The van der Waals surface area contributed by atoms with Crippen LogP contribution in [0, 0.1) is 11.3 Å². The molecule has 1 heterocycles. The Bertz CT molecular complexity index is 278. The molecule has 1 N–H and O–H groups in total. The fourth-order valence-electron chi connectivity index (χ4n) is 2.32. The predicted octanol–water partition coefficient (Wildman–Crippen LogP) is 1.90. The van der Waals surface area contributed by atoms with E-state index < -0.39 is 0 Å². The normalized spacial score (nSPS) is 19.5. The summed E-state index contributed by atoms with van der Waals surface area (Å²) in [6.45, 7) is 14.6. The van der Waals surface area contributed by atoms with Crippen LogP contribution in [0.15, 0.2) is 0 Å². The van der Waals surface area contributed by atoms with Crippen LogP contribution in [0.1, 0.15) is 41.0 Å². The van der Waals surface area contributed by atoms with Gasteiger partial charge < -0.3 is 10.1 Å². The fraction of sp³-hybridized carbons (Fsp3) is 0.933. The van der Waals surface area contributed by atoms with Gasteiger partial charge in [0.1, 0.15) is 0 Å². The number of ether oxygens (including phenoxy) is 1. The minimum Gasteiger partial charge on any atom is -0.379 e. The summed E-state index contributed by atoms with van der Waals surface area (Å²) in [5.74, 6) is 0.772. The summed E-state index contributed by atoms with van der Waals surface area (Å²) in [5.41, 5.74) is -0.312. The minimum absolute atomic E-state index is 0.134. The van der Waals surface area contributed by atoms with E-state index in [2.05, 4.69) is 24.1 Å². The van der Waals surface area contributed by atoms with E-state index in [1.54, 1.807) is 0 Å². The van der Waals surface area contributed by atoms with Crippen molar-refractivity contribution in [1.29, 1.82) is 0 Å². The van der Waals surface area contributed by atoms with Gasteiger partial charge in [-0.05, 0) is 12.3 Å². The quantitative estimate of drug-likeness (QED) is 0.829. The highest BCUT2D eigenvalue weighted by atomic mass is 16.5. The first-order valence-electron chi connectivity index (χ1n) is 7.41. The zero-order chi connectivity index (χ0) is 14.5. The van der Waals surface area contributed by atoms with Gasteiger partial charge in [0.25, 0.3) is 0 Å². The zero-order valence-electron chi connectivity index (χ0n) is 13.2. The number of morpholine rings is 1. The van der Waals surface area contributed by atoms with Crippen LogP contribution in [0.2, 0.25) is 0 Å². The Morgan fingerprint density at radius 3 is 2.32 bits per heavy atom. The van der Waals surface area contributed by atoms with Crippen molar-refractivity contribution in [2.24, 2.45) is 11.3 Å². The van der Waals surface area contributed by atoms with Gasteiger partial charge in [0.2, 0.25) is 5.91 Å². The molecule has 1 saturated heterocycles. The number of amides is 1. The number of hydrogen-bond donors (Lipinski definition) is 1. The summed E-state index contributed by atoms with van der Waals surface area (Å²) in [4.78, 5) is 14.4. The third-order valence-corrected chi connectivity index (χ3v) is 3.48. The maximum Gasteiger partial charge on any atom is 0.225 e. The van der Waals surface area contributed by atoms with Crippen LogP contribution in [0.25, 0.3) is 0 Å². The van der Waals surface area contributed by atoms with Gasteiger partial charge in [0.05, 0.1) is 13.2 Å². The molecule has 0 aliphatic carbocycles. The molecule has 1 aliphatic rings. The number of carbonyl (C=O) groups excluding carboxylic acids is 1. The number of carbonyl (C=O) groups is 1. The molecule has 1 atom stereocenters. The van der Waals surface area contributed by atoms with Crippen LogP contribution < -0.4 is 5.32 Å². The molecule has 4 nitrogen and oxygen atoms in total. The van der Waals surface area contributed by atoms with Crippen LogP contribution in [0.4, 0.5) is 0 Å². The van der Waals surface area contributed by atoms with E-state index in [4.69, 9.17) is 4.74 Å². The van der Waals surface area contributed by atoms with Crippen LogP contribution in [-0.4, -0.2) is 49.7 Å². The lowest BCUT2D eigenvalue weighted by molar-refractivity contribution is -0.128. The monoisotopic (exact) mass is 270 g/mol. The maximum atomic E-state index is 12.0. The molecule has 1 aliphatic heterocycles. The van der Waals surface area contributed by atoms with Crippen molar-refractivity contribution >= 4 is 5.91 Å². The van der Waals surface area contributed by atoms with E-state index in [0.717, 1.165) is 39.3 Å². The lowest BCUT2D eigenvalue weighted by Gasteiger charge is -2.36. The van der Waals surface area contributed by atoms with Crippen LogP contribution in [0.5, 0.6) is 0 Å². The summed E-state index contributed by atoms with van der Waals surface area (Å²) >= 11 is 0. The summed E-state index contributed by atoms with van der Waals surface area (Å²) in [6, 6.07) is 0.426. The molecule has 1 fully saturated rings. The third kappa shape index (κ3) is 5.91. The lowest BCUT2D eigenvalue weighted by atomic mass is 9.95. The summed E-state index contributed by atoms with van der Waals surface area (Å²) in [7, 11) is 0. The van der Waals surface area contributed by atoms with Crippen molar-refractivity contribution in [3.8, 4) is 0 Å². The molecule has 1 rings (SSSR count). The van der Waals surface area contributed by atoms with E-state index in [0.29, 0.717) is 12.0 Å². The van der Waals surface area contributed by atoms with Crippen LogP contribution in [0.3, 0.4) is 0 Å². The second kappa shape index (κ2) is 7.25. The SMILES string of the molecule is CC(C)CC(CNC(=O)C(C)(C)C)N1CCOCC1. The topological polar surface area (TPSA) is 41.6 Å². The minimum atomic E-state index is -0.312. The Kier molecular flexibility index (Phi) is 6.27. The van der Waals surface area contributed by atoms with Gasteiger partial charge in [0, 0.05) is 31.1 Å². The van der Waals surface area contributed by atoms with Gasteiger partial charge >= 0.3 is 0 Å². The molecule has 0 spiro atoms. The van der Waals surface area contributed by atoms with E-state index in [-0.39, 0.29) is 11.3 Å². The van der Waals surface area contributed by atoms with Crippen molar-refractivity contribution in [3.63, 3.8) is 0 Å². The number of nitrogens with zero attached hydrogens (tertiary/aromatic N) is 1. The van der Waals surface area contributed by atoms with Crippen molar-refractivity contribution in [3.05, 3.63) is 0 Å². The van der Waals surface area contributed by atoms with Gasteiger partial charge in [-0.3, -0.25) is 9.69 Å². The average molecular weight is 270 g/mol. The van der Waals surface area contributed by atoms with Gasteiger partial charge in [-0.1, -0.05) is 34.6 Å². The molecule has 1 amide bonds. The third-order valence-electron chi connectivity index (χ3n) is 3.48. The molecule has 1 unspecified atom stereocenters. The Balaban J connectivity index is 2.51. The average Bonchev–Trinajstić information content (AvgIpc) is 2.33. The van der Waals surface area contributed by atoms with Crippen LogP contribution >= 0.6 is 0 Å². The van der Waals surface area contributed by atoms with E-state index in [1.807, 2.05) is 20.8 Å². The largest absolute Gasteiger partial charge is 0.379 e. The van der Waals surface area contributed by atoms with Crippen LogP contribution in [-0.2, 0) is 9.53 Å². The second-order valence-electron chi connectivity index (χ2n) is 6.89. The van der Waals surface area contributed by atoms with Gasteiger partial charge in [0.15, 0.2) is 0 Å². The molecule has 0 bridgehead atoms.